The van der Waals surface area contributed by atoms with Crippen molar-refractivity contribution in [3.63, 3.8) is 0 Å². The third kappa shape index (κ3) is 6.55. The minimum absolute atomic E-state index is 0.0803. The van der Waals surface area contributed by atoms with Crippen LogP contribution in [0.4, 0.5) is 5.69 Å². The van der Waals surface area contributed by atoms with Gasteiger partial charge in [-0.3, -0.25) is 4.79 Å². The molecule has 0 radical (unpaired) electrons. The Bertz CT molecular complexity index is 568. The van der Waals surface area contributed by atoms with Crippen LogP contribution in [0.15, 0.2) is 29.2 Å². The molecule has 0 spiro atoms. The molecule has 0 bridgehead atoms. The topological polar surface area (TPSA) is 84.5 Å². The number of methoxy groups -OCH3 is 1. The zero-order chi connectivity index (χ0) is 16.6. The quantitative estimate of drug-likeness (QED) is 0.679. The van der Waals surface area contributed by atoms with Crippen LogP contribution in [0.3, 0.4) is 0 Å². The van der Waals surface area contributed by atoms with Crippen molar-refractivity contribution in [2.24, 2.45) is 5.92 Å². The first kappa shape index (κ1) is 18.6. The summed E-state index contributed by atoms with van der Waals surface area (Å²) in [5.41, 5.74) is 0.587. The smallest absolute Gasteiger partial charge is 0.240 e. The van der Waals surface area contributed by atoms with Gasteiger partial charge >= 0.3 is 0 Å². The van der Waals surface area contributed by atoms with Crippen LogP contribution in [-0.4, -0.2) is 34.6 Å². The van der Waals surface area contributed by atoms with E-state index in [2.05, 4.69) is 10.0 Å². The van der Waals surface area contributed by atoms with Crippen LogP contribution in [0.5, 0.6) is 0 Å². The lowest BCUT2D eigenvalue weighted by molar-refractivity contribution is -0.116. The van der Waals surface area contributed by atoms with E-state index in [-0.39, 0.29) is 16.7 Å². The third-order valence-electron chi connectivity index (χ3n) is 2.86. The molecule has 0 heterocycles. The van der Waals surface area contributed by atoms with Crippen molar-refractivity contribution in [1.82, 2.24) is 4.72 Å². The summed E-state index contributed by atoms with van der Waals surface area (Å²) in [4.78, 5) is 11.8. The first-order chi connectivity index (χ1) is 10.3. The van der Waals surface area contributed by atoms with Crippen LogP contribution in [0.1, 0.15) is 26.7 Å². The summed E-state index contributed by atoms with van der Waals surface area (Å²) < 4.78 is 31.4. The van der Waals surface area contributed by atoms with E-state index in [4.69, 9.17) is 4.74 Å². The molecule has 1 aromatic carbocycles. The van der Waals surface area contributed by atoms with E-state index < -0.39 is 10.0 Å². The van der Waals surface area contributed by atoms with Crippen molar-refractivity contribution >= 4 is 21.6 Å². The van der Waals surface area contributed by atoms with Gasteiger partial charge in [0, 0.05) is 32.4 Å². The molecule has 6 nitrogen and oxygen atoms in total. The SMILES string of the molecule is COCCCNS(=O)(=O)c1ccc(NC(=O)CC(C)C)cc1. The molecule has 0 atom stereocenters. The molecule has 0 fully saturated rings. The van der Waals surface area contributed by atoms with Gasteiger partial charge in [0.25, 0.3) is 0 Å². The molecule has 124 valence electrons. The lowest BCUT2D eigenvalue weighted by atomic mass is 10.1. The predicted octanol–water partition coefficient (Wildman–Crippen LogP) is 1.99. The molecule has 1 rings (SSSR count). The summed E-state index contributed by atoms with van der Waals surface area (Å²) in [5, 5.41) is 2.74. The number of hydrogen-bond acceptors (Lipinski definition) is 4. The van der Waals surface area contributed by atoms with Gasteiger partial charge in [-0.2, -0.15) is 0 Å². The second-order valence-electron chi connectivity index (χ2n) is 5.41. The highest BCUT2D eigenvalue weighted by Crippen LogP contribution is 2.14. The van der Waals surface area contributed by atoms with Crippen molar-refractivity contribution in [2.75, 3.05) is 25.6 Å². The van der Waals surface area contributed by atoms with E-state index in [9.17, 15) is 13.2 Å². The van der Waals surface area contributed by atoms with Crippen LogP contribution >= 0.6 is 0 Å². The molecule has 0 saturated carbocycles. The van der Waals surface area contributed by atoms with Gasteiger partial charge in [0.05, 0.1) is 4.90 Å². The first-order valence-corrected chi connectivity index (χ1v) is 8.72. The molecule has 0 aliphatic carbocycles. The average molecular weight is 328 g/mol. The highest BCUT2D eigenvalue weighted by molar-refractivity contribution is 7.89. The fourth-order valence-corrected chi connectivity index (χ4v) is 2.88. The molecule has 0 aliphatic rings. The van der Waals surface area contributed by atoms with Gasteiger partial charge < -0.3 is 10.1 Å². The monoisotopic (exact) mass is 328 g/mol. The van der Waals surface area contributed by atoms with Crippen molar-refractivity contribution in [3.8, 4) is 0 Å². The number of benzene rings is 1. The average Bonchev–Trinajstić information content (AvgIpc) is 2.43. The molecule has 7 heteroatoms. The lowest BCUT2D eigenvalue weighted by Crippen LogP contribution is -2.25. The van der Waals surface area contributed by atoms with Gasteiger partial charge in [0.1, 0.15) is 0 Å². The second kappa shape index (κ2) is 8.87. The Hall–Kier alpha value is -1.44. The Morgan fingerprint density at radius 3 is 2.41 bits per heavy atom. The summed E-state index contributed by atoms with van der Waals surface area (Å²) >= 11 is 0. The standard InChI is InChI=1S/C15H24N2O4S/c1-12(2)11-15(18)17-13-5-7-14(8-6-13)22(19,20)16-9-4-10-21-3/h5-8,12,16H,4,9-11H2,1-3H3,(H,17,18). The summed E-state index contributed by atoms with van der Waals surface area (Å²) in [6.45, 7) is 4.75. The van der Waals surface area contributed by atoms with E-state index >= 15 is 0 Å². The van der Waals surface area contributed by atoms with Crippen LogP contribution in [0.2, 0.25) is 0 Å². The Labute approximate surface area is 132 Å². The van der Waals surface area contributed by atoms with E-state index in [0.29, 0.717) is 31.7 Å². The zero-order valence-corrected chi connectivity index (χ0v) is 14.1. The Balaban J connectivity index is 2.61. The van der Waals surface area contributed by atoms with Crippen LogP contribution in [0.25, 0.3) is 0 Å². The molecular weight excluding hydrogens is 304 g/mol. The molecule has 0 unspecified atom stereocenters. The Morgan fingerprint density at radius 1 is 1.23 bits per heavy atom. The largest absolute Gasteiger partial charge is 0.385 e. The number of anilines is 1. The van der Waals surface area contributed by atoms with Crippen molar-refractivity contribution in [1.29, 1.82) is 0 Å². The van der Waals surface area contributed by atoms with Crippen molar-refractivity contribution in [3.05, 3.63) is 24.3 Å². The Morgan fingerprint density at radius 2 is 1.86 bits per heavy atom. The van der Waals surface area contributed by atoms with Gasteiger partial charge in [-0.25, -0.2) is 13.1 Å². The second-order valence-corrected chi connectivity index (χ2v) is 7.18. The highest BCUT2D eigenvalue weighted by atomic mass is 32.2. The van der Waals surface area contributed by atoms with E-state index in [1.807, 2.05) is 13.8 Å². The predicted molar refractivity (Wildman–Crippen MR) is 86.2 cm³/mol. The van der Waals surface area contributed by atoms with Crippen LogP contribution in [-0.2, 0) is 19.6 Å². The minimum Gasteiger partial charge on any atom is -0.385 e. The number of carbonyl (C=O) groups excluding carboxylic acids is 1. The number of sulfonamides is 1. The number of amides is 1. The molecule has 1 aromatic rings. The van der Waals surface area contributed by atoms with E-state index in [1.165, 1.54) is 12.1 Å². The van der Waals surface area contributed by atoms with Gasteiger partial charge in [0.2, 0.25) is 15.9 Å². The first-order valence-electron chi connectivity index (χ1n) is 7.23. The molecule has 0 aromatic heterocycles. The summed E-state index contributed by atoms with van der Waals surface area (Å²) in [7, 11) is -1.95. The van der Waals surface area contributed by atoms with E-state index in [1.54, 1.807) is 19.2 Å². The molecular formula is C15H24N2O4S. The van der Waals surface area contributed by atoms with Crippen LogP contribution < -0.4 is 10.0 Å². The summed E-state index contributed by atoms with van der Waals surface area (Å²) in [5.74, 6) is 0.194. The van der Waals surface area contributed by atoms with Gasteiger partial charge in [-0.05, 0) is 36.6 Å². The maximum Gasteiger partial charge on any atom is 0.240 e. The van der Waals surface area contributed by atoms with E-state index in [0.717, 1.165) is 0 Å². The van der Waals surface area contributed by atoms with Crippen LogP contribution in [0, 0.1) is 5.92 Å². The zero-order valence-electron chi connectivity index (χ0n) is 13.3. The van der Waals surface area contributed by atoms with Crippen molar-refractivity contribution in [2.45, 2.75) is 31.6 Å². The van der Waals surface area contributed by atoms with Gasteiger partial charge in [-0.1, -0.05) is 13.8 Å². The van der Waals surface area contributed by atoms with Gasteiger partial charge in [0.15, 0.2) is 0 Å². The number of ether oxygens (including phenoxy) is 1. The van der Waals surface area contributed by atoms with Crippen molar-refractivity contribution < 1.29 is 17.9 Å². The summed E-state index contributed by atoms with van der Waals surface area (Å²) in [6.07, 6.45) is 1.04. The molecule has 2 N–H and O–H groups in total. The third-order valence-corrected chi connectivity index (χ3v) is 4.34. The maximum absolute atomic E-state index is 12.0. The minimum atomic E-state index is -3.52. The summed E-state index contributed by atoms with van der Waals surface area (Å²) in [6, 6.07) is 6.12. The highest BCUT2D eigenvalue weighted by Gasteiger charge is 2.13. The van der Waals surface area contributed by atoms with Gasteiger partial charge in [-0.15, -0.1) is 0 Å². The Kier molecular flexibility index (Phi) is 7.50. The lowest BCUT2D eigenvalue weighted by Gasteiger charge is -2.09. The molecule has 22 heavy (non-hydrogen) atoms. The number of rotatable bonds is 9. The number of hydrogen-bond donors (Lipinski definition) is 2. The molecule has 0 aliphatic heterocycles. The molecule has 1 amide bonds. The maximum atomic E-state index is 12.0. The molecule has 0 saturated heterocycles. The normalized spacial score (nSPS) is 11.6. The number of carbonyl (C=O) groups is 1. The number of nitrogens with one attached hydrogen (secondary N) is 2. The fourth-order valence-electron chi connectivity index (χ4n) is 1.81. The fraction of sp³-hybridized carbons (Fsp3) is 0.533.